The highest BCUT2D eigenvalue weighted by molar-refractivity contribution is 9.11. The summed E-state index contributed by atoms with van der Waals surface area (Å²) in [6.45, 7) is 0. The van der Waals surface area contributed by atoms with Crippen molar-refractivity contribution in [2.45, 2.75) is 0 Å². The van der Waals surface area contributed by atoms with E-state index in [1.54, 1.807) is 18.2 Å². The summed E-state index contributed by atoms with van der Waals surface area (Å²) in [5, 5.41) is 22.7. The lowest BCUT2D eigenvalue weighted by Crippen LogP contribution is -2.06. The van der Waals surface area contributed by atoms with Gasteiger partial charge in [-0.2, -0.15) is 0 Å². The fourth-order valence-corrected chi connectivity index (χ4v) is 2.74. The van der Waals surface area contributed by atoms with E-state index in [9.17, 15) is 14.9 Å². The van der Waals surface area contributed by atoms with Crippen LogP contribution < -0.4 is 5.32 Å². The third-order valence-electron chi connectivity index (χ3n) is 2.50. The number of nitro groups is 1. The molecule has 0 bridgehead atoms. The summed E-state index contributed by atoms with van der Waals surface area (Å²) >= 11 is 6.61. The number of nitrogens with zero attached hydrogens (tertiary/aromatic N) is 2. The molecule has 1 heterocycles. The van der Waals surface area contributed by atoms with Gasteiger partial charge in [0.1, 0.15) is 0 Å². The molecule has 108 valence electrons. The number of nitrogens with one attached hydrogen (secondary N) is 1. The van der Waals surface area contributed by atoms with Crippen LogP contribution >= 0.6 is 31.9 Å². The fourth-order valence-electron chi connectivity index (χ4n) is 1.55. The van der Waals surface area contributed by atoms with E-state index in [1.165, 1.54) is 0 Å². The summed E-state index contributed by atoms with van der Waals surface area (Å²) in [6, 6.07) is 7.43. The molecule has 1 aromatic heterocycles. The normalized spacial score (nSPS) is 10.2. The lowest BCUT2D eigenvalue weighted by molar-refractivity contribution is -0.384. The summed E-state index contributed by atoms with van der Waals surface area (Å²) in [4.78, 5) is 25.1. The van der Waals surface area contributed by atoms with Crippen LogP contribution in [0.1, 0.15) is 10.5 Å². The Morgan fingerprint density at radius 3 is 2.38 bits per heavy atom. The van der Waals surface area contributed by atoms with E-state index in [4.69, 9.17) is 5.11 Å². The van der Waals surface area contributed by atoms with E-state index in [0.717, 1.165) is 12.1 Å². The average Bonchev–Trinajstić information content (AvgIpc) is 2.42. The van der Waals surface area contributed by atoms with Gasteiger partial charge in [-0.3, -0.25) is 10.1 Å². The highest BCUT2D eigenvalue weighted by Gasteiger charge is 2.20. The molecule has 0 spiro atoms. The van der Waals surface area contributed by atoms with Crippen LogP contribution in [0.15, 0.2) is 39.3 Å². The van der Waals surface area contributed by atoms with Gasteiger partial charge in [-0.25, -0.2) is 9.78 Å². The number of anilines is 2. The number of carbonyl (C=O) groups is 1. The molecule has 0 aliphatic carbocycles. The van der Waals surface area contributed by atoms with Crippen molar-refractivity contribution < 1.29 is 14.8 Å². The van der Waals surface area contributed by atoms with Gasteiger partial charge in [-0.15, -0.1) is 0 Å². The van der Waals surface area contributed by atoms with Gasteiger partial charge in [0.25, 0.3) is 0 Å². The number of hydrogen-bond donors (Lipinski definition) is 2. The van der Waals surface area contributed by atoms with E-state index >= 15 is 0 Å². The van der Waals surface area contributed by atoms with Crippen molar-refractivity contribution in [3.8, 4) is 0 Å². The lowest BCUT2D eigenvalue weighted by atomic mass is 10.3. The second-order valence-electron chi connectivity index (χ2n) is 3.85. The highest BCUT2D eigenvalue weighted by atomic mass is 79.9. The smallest absolute Gasteiger partial charge is 0.354 e. The summed E-state index contributed by atoms with van der Waals surface area (Å²) in [5.41, 5.74) is -0.0930. The minimum absolute atomic E-state index is 0.146. The van der Waals surface area contributed by atoms with Crippen LogP contribution in [0.25, 0.3) is 0 Å². The first-order chi connectivity index (χ1) is 9.90. The molecule has 2 aromatic rings. The molecule has 0 saturated carbocycles. The van der Waals surface area contributed by atoms with Gasteiger partial charge in [0.2, 0.25) is 5.82 Å². The van der Waals surface area contributed by atoms with Crippen LogP contribution in [-0.2, 0) is 0 Å². The van der Waals surface area contributed by atoms with Gasteiger partial charge >= 0.3 is 11.7 Å². The number of halogens is 2. The van der Waals surface area contributed by atoms with Crippen LogP contribution in [0.5, 0.6) is 0 Å². The predicted molar refractivity (Wildman–Crippen MR) is 83.0 cm³/mol. The molecule has 0 amide bonds. The maximum absolute atomic E-state index is 11.0. The van der Waals surface area contributed by atoms with Crippen LogP contribution in [0.4, 0.5) is 17.2 Å². The van der Waals surface area contributed by atoms with E-state index in [1.807, 2.05) is 0 Å². The van der Waals surface area contributed by atoms with E-state index < -0.39 is 10.9 Å². The Hall–Kier alpha value is -2.00. The molecular weight excluding hydrogens is 410 g/mol. The molecule has 0 radical (unpaired) electrons. The van der Waals surface area contributed by atoms with Crippen molar-refractivity contribution in [1.82, 2.24) is 4.98 Å². The number of pyridine rings is 1. The maximum atomic E-state index is 11.0. The van der Waals surface area contributed by atoms with Gasteiger partial charge in [-0.05, 0) is 50.1 Å². The van der Waals surface area contributed by atoms with E-state index in [2.05, 4.69) is 42.2 Å². The molecule has 0 unspecified atom stereocenters. The monoisotopic (exact) mass is 415 g/mol. The minimum atomic E-state index is -1.26. The third kappa shape index (κ3) is 3.37. The standard InChI is InChI=1S/C12H7Br2N3O4/c13-6-2-1-3-7(14)10(6)16-11-9(17(20)21)5-4-8(15-11)12(18)19/h1-5H,(H,15,16)(H,18,19). The first-order valence-electron chi connectivity index (χ1n) is 5.50. The number of rotatable bonds is 4. The quantitative estimate of drug-likeness (QED) is 0.577. The summed E-state index contributed by atoms with van der Waals surface area (Å²) in [5.74, 6) is -1.41. The van der Waals surface area contributed by atoms with Crippen molar-refractivity contribution >= 4 is 55.0 Å². The largest absolute Gasteiger partial charge is 0.477 e. The zero-order valence-corrected chi connectivity index (χ0v) is 13.4. The Kier molecular flexibility index (Phi) is 4.53. The van der Waals surface area contributed by atoms with Crippen molar-refractivity contribution in [3.63, 3.8) is 0 Å². The average molecular weight is 417 g/mol. The summed E-state index contributed by atoms with van der Waals surface area (Å²) in [6.07, 6.45) is 0. The molecule has 9 heteroatoms. The fraction of sp³-hybridized carbons (Fsp3) is 0. The first kappa shape index (κ1) is 15.4. The number of benzene rings is 1. The molecule has 0 saturated heterocycles. The number of carboxylic acids is 1. The Labute approximate surface area is 135 Å². The topological polar surface area (TPSA) is 105 Å². The minimum Gasteiger partial charge on any atom is -0.477 e. The molecule has 21 heavy (non-hydrogen) atoms. The molecule has 7 nitrogen and oxygen atoms in total. The second-order valence-corrected chi connectivity index (χ2v) is 5.56. The molecule has 2 N–H and O–H groups in total. The Morgan fingerprint density at radius 1 is 1.24 bits per heavy atom. The van der Waals surface area contributed by atoms with Crippen molar-refractivity contribution in [2.24, 2.45) is 0 Å². The molecule has 0 aliphatic rings. The van der Waals surface area contributed by atoms with E-state index in [-0.39, 0.29) is 17.2 Å². The SMILES string of the molecule is O=C(O)c1ccc([N+](=O)[O-])c(Nc2c(Br)cccc2Br)n1. The molecule has 0 aliphatic heterocycles. The number of aromatic carboxylic acids is 1. The van der Waals surface area contributed by atoms with Crippen molar-refractivity contribution in [2.75, 3.05) is 5.32 Å². The Bertz CT molecular complexity index is 716. The van der Waals surface area contributed by atoms with Crippen LogP contribution in [-0.4, -0.2) is 21.0 Å². The molecule has 0 atom stereocenters. The van der Waals surface area contributed by atoms with E-state index in [0.29, 0.717) is 14.6 Å². The van der Waals surface area contributed by atoms with Gasteiger partial charge < -0.3 is 10.4 Å². The van der Waals surface area contributed by atoms with Crippen LogP contribution in [0, 0.1) is 10.1 Å². The molecular formula is C12H7Br2N3O4. The molecule has 1 aromatic carbocycles. The number of para-hydroxylation sites is 1. The van der Waals surface area contributed by atoms with Gasteiger partial charge in [0.15, 0.2) is 5.69 Å². The van der Waals surface area contributed by atoms with Gasteiger partial charge in [-0.1, -0.05) is 6.07 Å². The van der Waals surface area contributed by atoms with Crippen molar-refractivity contribution in [1.29, 1.82) is 0 Å². The second kappa shape index (κ2) is 6.19. The zero-order valence-electron chi connectivity index (χ0n) is 10.2. The van der Waals surface area contributed by atoms with Crippen molar-refractivity contribution in [3.05, 3.63) is 55.1 Å². The zero-order chi connectivity index (χ0) is 15.6. The van der Waals surface area contributed by atoms with Crippen LogP contribution in [0.2, 0.25) is 0 Å². The predicted octanol–water partition coefficient (Wildman–Crippen LogP) is 3.96. The molecule has 0 fully saturated rings. The maximum Gasteiger partial charge on any atom is 0.354 e. The van der Waals surface area contributed by atoms with Gasteiger partial charge in [0, 0.05) is 15.0 Å². The number of carboxylic acid groups (broad SMARTS) is 1. The summed E-state index contributed by atoms with van der Waals surface area (Å²) < 4.78 is 1.29. The third-order valence-corrected chi connectivity index (χ3v) is 3.82. The van der Waals surface area contributed by atoms with Crippen LogP contribution in [0.3, 0.4) is 0 Å². The lowest BCUT2D eigenvalue weighted by Gasteiger charge is -2.10. The number of hydrogen-bond acceptors (Lipinski definition) is 5. The highest BCUT2D eigenvalue weighted by Crippen LogP contribution is 2.35. The van der Waals surface area contributed by atoms with Gasteiger partial charge in [0.05, 0.1) is 10.6 Å². The number of aromatic nitrogens is 1. The molecule has 2 rings (SSSR count). The first-order valence-corrected chi connectivity index (χ1v) is 7.08. The Balaban J connectivity index is 2.53. The Morgan fingerprint density at radius 2 is 1.86 bits per heavy atom. The summed E-state index contributed by atoms with van der Waals surface area (Å²) in [7, 11) is 0.